The fourth-order valence-electron chi connectivity index (χ4n) is 1.88. The maximum Gasteiger partial charge on any atom is 0.329 e. The van der Waals surface area contributed by atoms with E-state index in [1.165, 1.54) is 0 Å². The fraction of sp³-hybridized carbons (Fsp3) is 0.333. The Bertz CT molecular complexity index is 504. The number of carbonyl (C=O) groups excluding carboxylic acids is 2. The molecule has 2 rings (SSSR count). The van der Waals surface area contributed by atoms with Crippen molar-refractivity contribution in [3.63, 3.8) is 0 Å². The molecule has 1 aliphatic rings. The number of carbonyl (C=O) groups is 2. The summed E-state index contributed by atoms with van der Waals surface area (Å²) in [4.78, 5) is 25.2. The van der Waals surface area contributed by atoms with Crippen molar-refractivity contribution in [2.24, 2.45) is 0 Å². The zero-order valence-electron chi connectivity index (χ0n) is 10.2. The van der Waals surface area contributed by atoms with E-state index < -0.39 is 12.1 Å². The minimum Gasteiger partial charge on any atom is -0.325 e. The van der Waals surface area contributed by atoms with Gasteiger partial charge in [0.25, 0.3) is 5.91 Å². The Hall–Kier alpha value is -0.910. The quantitative estimate of drug-likeness (QED) is 0.867. The van der Waals surface area contributed by atoms with Crippen LogP contribution in [0.4, 0.5) is 10.5 Å². The summed E-state index contributed by atoms with van der Waals surface area (Å²) < 4.78 is 0. The lowest BCUT2D eigenvalue weighted by Crippen LogP contribution is -2.32. The number of hydrogen-bond acceptors (Lipinski definition) is 3. The maximum atomic E-state index is 12.2. The van der Waals surface area contributed by atoms with E-state index in [9.17, 15) is 9.59 Å². The van der Waals surface area contributed by atoms with Crippen LogP contribution >= 0.6 is 35.0 Å². The van der Waals surface area contributed by atoms with Crippen molar-refractivity contribution in [2.75, 3.05) is 16.9 Å². The first kappa shape index (κ1) is 14.5. The molecule has 1 atom stereocenters. The van der Waals surface area contributed by atoms with Gasteiger partial charge in [-0.2, -0.15) is 11.8 Å². The number of benzene rings is 1. The highest BCUT2D eigenvalue weighted by Gasteiger charge is 2.40. The van der Waals surface area contributed by atoms with Crippen LogP contribution in [0.5, 0.6) is 0 Å². The van der Waals surface area contributed by atoms with Crippen molar-refractivity contribution in [3.8, 4) is 0 Å². The molecule has 102 valence electrons. The second-order valence-corrected chi connectivity index (χ2v) is 5.83. The van der Waals surface area contributed by atoms with E-state index >= 15 is 0 Å². The number of urea groups is 1. The summed E-state index contributed by atoms with van der Waals surface area (Å²) in [5.74, 6) is 0.481. The number of amides is 3. The van der Waals surface area contributed by atoms with Crippen LogP contribution in [0, 0.1) is 0 Å². The molecule has 19 heavy (non-hydrogen) atoms. The molecule has 0 saturated carbocycles. The molecule has 1 unspecified atom stereocenters. The topological polar surface area (TPSA) is 49.4 Å². The van der Waals surface area contributed by atoms with E-state index in [4.69, 9.17) is 23.2 Å². The second kappa shape index (κ2) is 6.03. The molecule has 4 nitrogen and oxygen atoms in total. The zero-order valence-corrected chi connectivity index (χ0v) is 12.5. The molecular formula is C12H12Cl2N2O2S. The van der Waals surface area contributed by atoms with Gasteiger partial charge in [0.15, 0.2) is 0 Å². The molecule has 1 N–H and O–H groups in total. The van der Waals surface area contributed by atoms with Crippen LogP contribution in [-0.2, 0) is 4.79 Å². The standard InChI is InChI=1S/C12H12Cl2N2O2S/c1-19-6-5-9-11(17)16(12(18)15-9)10-7(13)3-2-4-8(10)14/h2-4,9H,5-6H2,1H3,(H,15,18). The van der Waals surface area contributed by atoms with Crippen molar-refractivity contribution in [3.05, 3.63) is 28.2 Å². The molecule has 0 aromatic heterocycles. The van der Waals surface area contributed by atoms with Gasteiger partial charge in [-0.05, 0) is 30.6 Å². The molecule has 1 aliphatic heterocycles. The summed E-state index contributed by atoms with van der Waals surface area (Å²) in [5, 5.41) is 3.21. The van der Waals surface area contributed by atoms with Gasteiger partial charge in [0.05, 0.1) is 15.7 Å². The molecule has 1 fully saturated rings. The first-order valence-corrected chi connectivity index (χ1v) is 7.78. The summed E-state index contributed by atoms with van der Waals surface area (Å²) in [5.41, 5.74) is 0.250. The smallest absolute Gasteiger partial charge is 0.325 e. The van der Waals surface area contributed by atoms with E-state index in [1.807, 2.05) is 6.26 Å². The average molecular weight is 319 g/mol. The van der Waals surface area contributed by atoms with Gasteiger partial charge < -0.3 is 5.32 Å². The van der Waals surface area contributed by atoms with Crippen LogP contribution < -0.4 is 10.2 Å². The first-order chi connectivity index (χ1) is 9.06. The van der Waals surface area contributed by atoms with Crippen LogP contribution in [0.3, 0.4) is 0 Å². The predicted octanol–water partition coefficient (Wildman–Crippen LogP) is 3.17. The van der Waals surface area contributed by atoms with Crippen molar-refractivity contribution in [1.29, 1.82) is 0 Å². The Labute approximate surface area is 125 Å². The monoisotopic (exact) mass is 318 g/mol. The number of nitrogens with zero attached hydrogens (tertiary/aromatic N) is 1. The summed E-state index contributed by atoms with van der Waals surface area (Å²) in [6.45, 7) is 0. The van der Waals surface area contributed by atoms with Crippen molar-refractivity contribution < 1.29 is 9.59 Å². The molecule has 1 aromatic rings. The Morgan fingerprint density at radius 1 is 1.32 bits per heavy atom. The van der Waals surface area contributed by atoms with E-state index in [-0.39, 0.29) is 21.6 Å². The lowest BCUT2D eigenvalue weighted by molar-refractivity contribution is -0.118. The van der Waals surface area contributed by atoms with Crippen molar-refractivity contribution in [1.82, 2.24) is 5.32 Å². The Kier molecular flexibility index (Phi) is 4.60. The molecule has 1 aromatic carbocycles. The van der Waals surface area contributed by atoms with Gasteiger partial charge in [0.1, 0.15) is 6.04 Å². The summed E-state index contributed by atoms with van der Waals surface area (Å²) >= 11 is 13.7. The predicted molar refractivity (Wildman–Crippen MR) is 79.3 cm³/mol. The molecule has 0 radical (unpaired) electrons. The Morgan fingerprint density at radius 2 is 1.95 bits per heavy atom. The number of anilines is 1. The van der Waals surface area contributed by atoms with Crippen molar-refractivity contribution >= 4 is 52.6 Å². The molecule has 0 bridgehead atoms. The summed E-state index contributed by atoms with van der Waals surface area (Å²) in [6.07, 6.45) is 2.54. The highest BCUT2D eigenvalue weighted by Crippen LogP contribution is 2.35. The third-order valence-corrected chi connectivity index (χ3v) is 4.05. The van der Waals surface area contributed by atoms with E-state index in [2.05, 4.69) is 5.32 Å². The van der Waals surface area contributed by atoms with Crippen LogP contribution in [-0.4, -0.2) is 30.0 Å². The first-order valence-electron chi connectivity index (χ1n) is 5.63. The summed E-state index contributed by atoms with van der Waals surface area (Å²) in [6, 6.07) is 3.87. The molecule has 7 heteroatoms. The van der Waals surface area contributed by atoms with Gasteiger partial charge in [-0.15, -0.1) is 0 Å². The molecule has 1 heterocycles. The third-order valence-electron chi connectivity index (χ3n) is 2.79. The molecule has 0 spiro atoms. The largest absolute Gasteiger partial charge is 0.329 e. The van der Waals surface area contributed by atoms with Gasteiger partial charge >= 0.3 is 6.03 Å². The Morgan fingerprint density at radius 3 is 2.53 bits per heavy atom. The van der Waals surface area contributed by atoms with Crippen LogP contribution in [0.2, 0.25) is 10.0 Å². The van der Waals surface area contributed by atoms with E-state index in [0.29, 0.717) is 6.42 Å². The van der Waals surface area contributed by atoms with Crippen molar-refractivity contribution in [2.45, 2.75) is 12.5 Å². The number of para-hydroxylation sites is 1. The van der Waals surface area contributed by atoms with E-state index in [0.717, 1.165) is 10.7 Å². The SMILES string of the molecule is CSCCC1NC(=O)N(c2c(Cl)cccc2Cl)C1=O. The zero-order chi connectivity index (χ0) is 14.0. The van der Waals surface area contributed by atoms with E-state index in [1.54, 1.807) is 30.0 Å². The maximum absolute atomic E-state index is 12.2. The van der Waals surface area contributed by atoms with Crippen LogP contribution in [0.1, 0.15) is 6.42 Å². The number of nitrogens with one attached hydrogen (secondary N) is 1. The normalized spacial score (nSPS) is 18.9. The number of imide groups is 1. The number of halogens is 2. The van der Waals surface area contributed by atoms with Gasteiger partial charge in [-0.1, -0.05) is 29.3 Å². The van der Waals surface area contributed by atoms with Gasteiger partial charge in [0, 0.05) is 0 Å². The average Bonchev–Trinajstić information content (AvgIpc) is 2.63. The Balaban J connectivity index is 2.30. The van der Waals surface area contributed by atoms with Gasteiger partial charge in [-0.3, -0.25) is 4.79 Å². The molecule has 1 saturated heterocycles. The number of thioether (sulfide) groups is 1. The molecule has 0 aliphatic carbocycles. The highest BCUT2D eigenvalue weighted by molar-refractivity contribution is 7.98. The lowest BCUT2D eigenvalue weighted by Gasteiger charge is -2.16. The fourth-order valence-corrected chi connectivity index (χ4v) is 2.91. The van der Waals surface area contributed by atoms with Crippen LogP contribution in [0.15, 0.2) is 18.2 Å². The third kappa shape index (κ3) is 2.83. The minimum atomic E-state index is -0.507. The van der Waals surface area contributed by atoms with Crippen LogP contribution in [0.25, 0.3) is 0 Å². The second-order valence-electron chi connectivity index (χ2n) is 4.03. The summed E-state index contributed by atoms with van der Waals surface area (Å²) in [7, 11) is 0. The minimum absolute atomic E-state index is 0.250. The lowest BCUT2D eigenvalue weighted by atomic mass is 10.2. The molecule has 3 amide bonds. The molecular weight excluding hydrogens is 307 g/mol. The van der Waals surface area contributed by atoms with Gasteiger partial charge in [-0.25, -0.2) is 9.69 Å². The number of hydrogen-bond donors (Lipinski definition) is 1. The number of rotatable bonds is 4. The highest BCUT2D eigenvalue weighted by atomic mass is 35.5. The van der Waals surface area contributed by atoms with Gasteiger partial charge in [0.2, 0.25) is 0 Å².